The van der Waals surface area contributed by atoms with Gasteiger partial charge in [-0.25, -0.2) is 4.98 Å². The second kappa shape index (κ2) is 6.31. The van der Waals surface area contributed by atoms with Gasteiger partial charge >= 0.3 is 0 Å². The van der Waals surface area contributed by atoms with Gasteiger partial charge in [0, 0.05) is 36.9 Å². The highest BCUT2D eigenvalue weighted by Gasteiger charge is 2.11. The summed E-state index contributed by atoms with van der Waals surface area (Å²) >= 11 is 0. The highest BCUT2D eigenvalue weighted by molar-refractivity contribution is 5.41. The maximum Gasteiger partial charge on any atom is 0.128 e. The first-order valence-electron chi connectivity index (χ1n) is 7.29. The third-order valence-corrected chi connectivity index (χ3v) is 3.38. The molecule has 0 aromatic carbocycles. The van der Waals surface area contributed by atoms with Gasteiger partial charge in [-0.15, -0.1) is 0 Å². The van der Waals surface area contributed by atoms with Gasteiger partial charge in [0.1, 0.15) is 5.82 Å². The predicted octanol–water partition coefficient (Wildman–Crippen LogP) is 3.51. The van der Waals surface area contributed by atoms with Crippen LogP contribution in [-0.4, -0.2) is 17.6 Å². The van der Waals surface area contributed by atoms with Gasteiger partial charge in [0.15, 0.2) is 0 Å². The van der Waals surface area contributed by atoms with Crippen molar-refractivity contribution in [3.63, 3.8) is 0 Å². The number of hydrogen-bond acceptors (Lipinski definition) is 4. The van der Waals surface area contributed by atoms with E-state index in [1.165, 1.54) is 5.56 Å². The summed E-state index contributed by atoms with van der Waals surface area (Å²) in [6.45, 7) is 10.2. The first-order chi connectivity index (χ1) is 9.85. The van der Waals surface area contributed by atoms with Crippen LogP contribution < -0.4 is 10.2 Å². The van der Waals surface area contributed by atoms with Crippen molar-refractivity contribution in [2.24, 2.45) is 0 Å². The summed E-state index contributed by atoms with van der Waals surface area (Å²) in [4.78, 5) is 6.83. The first-order valence-corrected chi connectivity index (χ1v) is 7.29. The highest BCUT2D eigenvalue weighted by Crippen LogP contribution is 2.17. The Labute approximate surface area is 127 Å². The van der Waals surface area contributed by atoms with Crippen LogP contribution in [0, 0.1) is 6.92 Å². The lowest BCUT2D eigenvalue weighted by molar-refractivity contribution is 0.423. The summed E-state index contributed by atoms with van der Waals surface area (Å²) in [6, 6.07) is 6.21. The van der Waals surface area contributed by atoms with E-state index in [2.05, 4.69) is 50.0 Å². The predicted molar refractivity (Wildman–Crippen MR) is 86.4 cm³/mol. The maximum atomic E-state index is 5.10. The SMILES string of the molecule is Cc1nc(N(C)Cc2ccoc2)ccc1CNC(C)(C)C. The van der Waals surface area contributed by atoms with Crippen molar-refractivity contribution < 1.29 is 4.42 Å². The van der Waals surface area contributed by atoms with Crippen molar-refractivity contribution in [1.29, 1.82) is 0 Å². The zero-order valence-corrected chi connectivity index (χ0v) is 13.6. The minimum absolute atomic E-state index is 0.114. The summed E-state index contributed by atoms with van der Waals surface area (Å²) in [5.41, 5.74) is 3.58. The number of rotatable bonds is 5. The number of nitrogens with zero attached hydrogens (tertiary/aromatic N) is 2. The third-order valence-electron chi connectivity index (χ3n) is 3.38. The monoisotopic (exact) mass is 287 g/mol. The molecule has 0 unspecified atom stereocenters. The summed E-state index contributed by atoms with van der Waals surface area (Å²) < 4.78 is 5.10. The standard InChI is InChI=1S/C17H25N3O/c1-13-15(10-18-17(2,3)4)6-7-16(19-13)20(5)11-14-8-9-21-12-14/h6-9,12,18H,10-11H2,1-5H3. The number of nitrogens with one attached hydrogen (secondary N) is 1. The molecule has 0 bridgehead atoms. The minimum Gasteiger partial charge on any atom is -0.472 e. The van der Waals surface area contributed by atoms with Gasteiger partial charge in [-0.05, 0) is 45.4 Å². The van der Waals surface area contributed by atoms with Crippen molar-refractivity contribution in [2.75, 3.05) is 11.9 Å². The normalized spacial score (nSPS) is 11.7. The second-order valence-corrected chi connectivity index (χ2v) is 6.51. The number of furan rings is 1. The fraction of sp³-hybridized carbons (Fsp3) is 0.471. The Balaban J connectivity index is 2.04. The Kier molecular flexibility index (Phi) is 4.68. The van der Waals surface area contributed by atoms with E-state index in [0.29, 0.717) is 0 Å². The van der Waals surface area contributed by atoms with Crippen molar-refractivity contribution in [3.8, 4) is 0 Å². The summed E-state index contributed by atoms with van der Waals surface area (Å²) in [5.74, 6) is 0.980. The van der Waals surface area contributed by atoms with E-state index < -0.39 is 0 Å². The summed E-state index contributed by atoms with van der Waals surface area (Å²) in [7, 11) is 2.04. The van der Waals surface area contributed by atoms with Gasteiger partial charge in [0.25, 0.3) is 0 Å². The lowest BCUT2D eigenvalue weighted by atomic mass is 10.1. The van der Waals surface area contributed by atoms with E-state index in [4.69, 9.17) is 9.40 Å². The Hall–Kier alpha value is -1.81. The maximum absolute atomic E-state index is 5.10. The van der Waals surface area contributed by atoms with Crippen LogP contribution in [0.2, 0.25) is 0 Å². The van der Waals surface area contributed by atoms with Crippen LogP contribution in [0.1, 0.15) is 37.6 Å². The van der Waals surface area contributed by atoms with Crippen molar-refractivity contribution in [1.82, 2.24) is 10.3 Å². The van der Waals surface area contributed by atoms with E-state index in [-0.39, 0.29) is 5.54 Å². The number of hydrogen-bond donors (Lipinski definition) is 1. The van der Waals surface area contributed by atoms with Crippen LogP contribution in [0.25, 0.3) is 0 Å². The van der Waals surface area contributed by atoms with Crippen LogP contribution in [0.4, 0.5) is 5.82 Å². The average Bonchev–Trinajstić information content (AvgIpc) is 2.89. The van der Waals surface area contributed by atoms with Crippen LogP contribution in [0.15, 0.2) is 35.1 Å². The molecule has 0 saturated heterocycles. The molecule has 0 fully saturated rings. The summed E-state index contributed by atoms with van der Waals surface area (Å²) in [5, 5.41) is 3.50. The molecule has 0 atom stereocenters. The van der Waals surface area contributed by atoms with Crippen LogP contribution >= 0.6 is 0 Å². The Morgan fingerprint density at radius 1 is 1.24 bits per heavy atom. The van der Waals surface area contributed by atoms with Gasteiger partial charge in [-0.3, -0.25) is 0 Å². The van der Waals surface area contributed by atoms with Gasteiger partial charge in [-0.1, -0.05) is 6.07 Å². The molecule has 4 nitrogen and oxygen atoms in total. The number of anilines is 1. The quantitative estimate of drug-likeness (QED) is 0.913. The molecular weight excluding hydrogens is 262 g/mol. The molecule has 2 aromatic heterocycles. The molecule has 0 aliphatic rings. The van der Waals surface area contributed by atoms with E-state index in [1.54, 1.807) is 12.5 Å². The van der Waals surface area contributed by atoms with Gasteiger partial charge in [-0.2, -0.15) is 0 Å². The van der Waals surface area contributed by atoms with E-state index in [0.717, 1.165) is 30.2 Å². The van der Waals surface area contributed by atoms with Crippen molar-refractivity contribution in [3.05, 3.63) is 47.5 Å². The van der Waals surface area contributed by atoms with Gasteiger partial charge in [0.05, 0.1) is 12.5 Å². The number of aromatic nitrogens is 1. The summed E-state index contributed by atoms with van der Waals surface area (Å²) in [6.07, 6.45) is 3.47. The molecule has 114 valence electrons. The topological polar surface area (TPSA) is 41.3 Å². The Bertz CT molecular complexity index is 570. The Morgan fingerprint density at radius 3 is 2.57 bits per heavy atom. The largest absolute Gasteiger partial charge is 0.472 e. The Morgan fingerprint density at radius 2 is 2.00 bits per heavy atom. The van der Waals surface area contributed by atoms with Gasteiger partial charge in [0.2, 0.25) is 0 Å². The number of pyridine rings is 1. The fourth-order valence-electron chi connectivity index (χ4n) is 2.07. The molecule has 4 heteroatoms. The molecule has 2 rings (SSSR count). The van der Waals surface area contributed by atoms with E-state index >= 15 is 0 Å². The molecule has 21 heavy (non-hydrogen) atoms. The second-order valence-electron chi connectivity index (χ2n) is 6.51. The minimum atomic E-state index is 0.114. The smallest absolute Gasteiger partial charge is 0.128 e. The fourth-order valence-corrected chi connectivity index (χ4v) is 2.07. The lowest BCUT2D eigenvalue weighted by Gasteiger charge is -2.22. The molecule has 0 radical (unpaired) electrons. The number of aryl methyl sites for hydroxylation is 1. The zero-order chi connectivity index (χ0) is 15.5. The molecule has 1 N–H and O–H groups in total. The molecule has 0 spiro atoms. The third kappa shape index (κ3) is 4.60. The van der Waals surface area contributed by atoms with Crippen LogP contribution in [-0.2, 0) is 13.1 Å². The average molecular weight is 287 g/mol. The molecule has 0 saturated carbocycles. The van der Waals surface area contributed by atoms with Gasteiger partial charge < -0.3 is 14.6 Å². The van der Waals surface area contributed by atoms with Crippen molar-refractivity contribution in [2.45, 2.75) is 46.3 Å². The van der Waals surface area contributed by atoms with E-state index in [1.807, 2.05) is 13.1 Å². The highest BCUT2D eigenvalue weighted by atomic mass is 16.3. The van der Waals surface area contributed by atoms with Crippen LogP contribution in [0.5, 0.6) is 0 Å². The molecule has 0 aliphatic carbocycles. The zero-order valence-electron chi connectivity index (χ0n) is 13.6. The van der Waals surface area contributed by atoms with Crippen molar-refractivity contribution >= 4 is 5.82 Å². The first kappa shape index (κ1) is 15.6. The molecule has 0 amide bonds. The molecule has 0 aliphatic heterocycles. The van der Waals surface area contributed by atoms with E-state index in [9.17, 15) is 0 Å². The lowest BCUT2D eigenvalue weighted by Crippen LogP contribution is -2.35. The molecular formula is C17H25N3O. The molecule has 2 aromatic rings. The van der Waals surface area contributed by atoms with Crippen LogP contribution in [0.3, 0.4) is 0 Å². The molecule has 2 heterocycles.